The maximum atomic E-state index is 10.9. The van der Waals surface area contributed by atoms with E-state index in [2.05, 4.69) is 10.3 Å². The van der Waals surface area contributed by atoms with E-state index in [9.17, 15) is 10.1 Å². The molecule has 112 valence electrons. The number of aryl methyl sites for hydroxylation is 1. The van der Waals surface area contributed by atoms with Crippen molar-refractivity contribution in [3.8, 4) is 5.75 Å². The lowest BCUT2D eigenvalue weighted by molar-refractivity contribution is -0.385. The van der Waals surface area contributed by atoms with E-state index in [1.807, 2.05) is 6.20 Å². The monoisotopic (exact) mass is 310 g/mol. The Kier molecular flexibility index (Phi) is 5.10. The first-order valence-electron chi connectivity index (χ1n) is 6.39. The second kappa shape index (κ2) is 7.03. The molecule has 0 saturated carbocycles. The van der Waals surface area contributed by atoms with E-state index < -0.39 is 4.92 Å². The second-order valence-electron chi connectivity index (χ2n) is 4.50. The summed E-state index contributed by atoms with van der Waals surface area (Å²) in [5.41, 5.74) is 1.58. The highest BCUT2D eigenvalue weighted by Gasteiger charge is 2.11. The Morgan fingerprint density at radius 2 is 2.24 bits per heavy atom. The zero-order valence-electron chi connectivity index (χ0n) is 11.5. The summed E-state index contributed by atoms with van der Waals surface area (Å²) in [5.74, 6) is 1.02. The second-order valence-corrected chi connectivity index (χ2v) is 4.87. The molecule has 0 unspecified atom stereocenters. The summed E-state index contributed by atoms with van der Waals surface area (Å²) in [6, 6.07) is 4.63. The lowest BCUT2D eigenvalue weighted by atomic mass is 10.2. The minimum atomic E-state index is -0.445. The number of methoxy groups -OCH3 is 1. The molecule has 0 bridgehead atoms. The normalized spacial score (nSPS) is 10.6. The van der Waals surface area contributed by atoms with Gasteiger partial charge in [0.25, 0.3) is 5.69 Å². The molecular weight excluding hydrogens is 296 g/mol. The maximum absolute atomic E-state index is 10.9. The van der Waals surface area contributed by atoms with Crippen molar-refractivity contribution in [1.82, 2.24) is 15.0 Å². The van der Waals surface area contributed by atoms with Crippen LogP contribution in [0.25, 0.3) is 0 Å². The molecule has 0 spiro atoms. The van der Waals surface area contributed by atoms with Crippen molar-refractivity contribution in [3.63, 3.8) is 0 Å². The first-order valence-corrected chi connectivity index (χ1v) is 6.93. The molecule has 0 N–H and O–H groups in total. The number of halogens is 1. The average Bonchev–Trinajstić information content (AvgIpc) is 2.92. The summed E-state index contributed by atoms with van der Waals surface area (Å²) in [6.07, 6.45) is 3.42. The topological polar surface area (TPSA) is 83.1 Å². The number of hydrogen-bond acceptors (Lipinski definition) is 5. The van der Waals surface area contributed by atoms with Crippen molar-refractivity contribution in [2.75, 3.05) is 13.0 Å². The van der Waals surface area contributed by atoms with E-state index in [-0.39, 0.29) is 5.69 Å². The van der Waals surface area contributed by atoms with Gasteiger partial charge >= 0.3 is 0 Å². The summed E-state index contributed by atoms with van der Waals surface area (Å²) < 4.78 is 6.72. The van der Waals surface area contributed by atoms with Gasteiger partial charge in [-0.1, -0.05) is 5.21 Å². The first-order chi connectivity index (χ1) is 10.1. The molecule has 2 rings (SSSR count). The molecule has 0 aliphatic heterocycles. The largest absolute Gasteiger partial charge is 0.496 e. The van der Waals surface area contributed by atoms with Crippen molar-refractivity contribution >= 4 is 17.3 Å². The van der Waals surface area contributed by atoms with Crippen molar-refractivity contribution in [2.45, 2.75) is 19.4 Å². The Hall–Kier alpha value is -2.15. The van der Waals surface area contributed by atoms with Gasteiger partial charge in [-0.3, -0.25) is 10.1 Å². The number of aromatic nitrogens is 3. The molecule has 1 aromatic heterocycles. The molecule has 8 heteroatoms. The highest BCUT2D eigenvalue weighted by molar-refractivity contribution is 6.17. The molecular formula is C13H15ClN4O3. The van der Waals surface area contributed by atoms with E-state index in [1.165, 1.54) is 19.2 Å². The molecule has 0 radical (unpaired) electrons. The Labute approximate surface area is 126 Å². The summed E-state index contributed by atoms with van der Waals surface area (Å²) in [4.78, 5) is 10.5. The zero-order chi connectivity index (χ0) is 15.2. The first kappa shape index (κ1) is 15.2. The Bertz CT molecular complexity index is 630. The van der Waals surface area contributed by atoms with E-state index >= 15 is 0 Å². The lowest BCUT2D eigenvalue weighted by Gasteiger charge is -2.05. The predicted molar refractivity (Wildman–Crippen MR) is 77.8 cm³/mol. The smallest absolute Gasteiger partial charge is 0.273 e. The van der Waals surface area contributed by atoms with Gasteiger partial charge in [0, 0.05) is 18.1 Å². The van der Waals surface area contributed by atoms with E-state index in [4.69, 9.17) is 16.3 Å². The Morgan fingerprint density at radius 1 is 1.43 bits per heavy atom. The van der Waals surface area contributed by atoms with Crippen molar-refractivity contribution < 1.29 is 9.66 Å². The molecule has 7 nitrogen and oxygen atoms in total. The third-order valence-electron chi connectivity index (χ3n) is 2.89. The fourth-order valence-corrected chi connectivity index (χ4v) is 2.06. The fourth-order valence-electron chi connectivity index (χ4n) is 1.92. The summed E-state index contributed by atoms with van der Waals surface area (Å²) in [7, 11) is 1.47. The zero-order valence-corrected chi connectivity index (χ0v) is 12.3. The van der Waals surface area contributed by atoms with Crippen LogP contribution < -0.4 is 4.74 Å². The van der Waals surface area contributed by atoms with Crippen LogP contribution in [-0.4, -0.2) is 32.9 Å². The summed E-state index contributed by atoms with van der Waals surface area (Å²) in [5, 5.41) is 18.9. The van der Waals surface area contributed by atoms with Crippen molar-refractivity contribution in [1.29, 1.82) is 0 Å². The molecule has 1 heterocycles. The maximum Gasteiger partial charge on any atom is 0.273 e. The molecule has 0 fully saturated rings. The van der Waals surface area contributed by atoms with Crippen LogP contribution in [0.1, 0.15) is 17.7 Å². The van der Waals surface area contributed by atoms with Crippen LogP contribution in [0, 0.1) is 10.1 Å². The third kappa shape index (κ3) is 4.16. The Morgan fingerprint density at radius 3 is 2.90 bits per heavy atom. The van der Waals surface area contributed by atoms with Gasteiger partial charge < -0.3 is 4.74 Å². The molecule has 0 atom stereocenters. The number of nitro groups is 1. The van der Waals surface area contributed by atoms with Crippen LogP contribution in [0.5, 0.6) is 5.75 Å². The van der Waals surface area contributed by atoms with Crippen LogP contribution in [0.3, 0.4) is 0 Å². The average molecular weight is 311 g/mol. The van der Waals surface area contributed by atoms with Gasteiger partial charge in [-0.25, -0.2) is 4.68 Å². The summed E-state index contributed by atoms with van der Waals surface area (Å²) in [6.45, 7) is 0.395. The molecule has 0 aliphatic rings. The van der Waals surface area contributed by atoms with Crippen molar-refractivity contribution in [2.24, 2.45) is 0 Å². The number of rotatable bonds is 7. The summed E-state index contributed by atoms with van der Waals surface area (Å²) >= 11 is 5.64. The molecule has 2 aromatic rings. The number of nitro benzene ring substituents is 1. The standard InChI is InChI=1S/C13H15ClN4O3/c1-21-13-6-10(5-12(7-13)18(19)20)8-17-9-11(15-16-17)3-2-4-14/h5-7,9H,2-4,8H2,1H3. The molecule has 0 amide bonds. The van der Waals surface area contributed by atoms with Crippen LogP contribution in [0.2, 0.25) is 0 Å². The van der Waals surface area contributed by atoms with Crippen molar-refractivity contribution in [3.05, 3.63) is 45.8 Å². The molecule has 21 heavy (non-hydrogen) atoms. The van der Waals surface area contributed by atoms with E-state index in [0.717, 1.165) is 24.1 Å². The van der Waals surface area contributed by atoms with Gasteiger partial charge in [0.2, 0.25) is 0 Å². The van der Waals surface area contributed by atoms with Gasteiger partial charge in [0.15, 0.2) is 0 Å². The molecule has 0 aliphatic carbocycles. The predicted octanol–water partition coefficient (Wildman–Crippen LogP) is 2.41. The number of benzene rings is 1. The SMILES string of the molecule is COc1cc(Cn2cc(CCCCl)nn2)cc([N+](=O)[O-])c1. The number of ether oxygens (including phenoxy) is 1. The molecule has 1 aromatic carbocycles. The third-order valence-corrected chi connectivity index (χ3v) is 3.16. The van der Waals surface area contributed by atoms with Gasteiger partial charge in [-0.15, -0.1) is 16.7 Å². The number of hydrogen-bond donors (Lipinski definition) is 0. The highest BCUT2D eigenvalue weighted by Crippen LogP contribution is 2.23. The van der Waals surface area contributed by atoms with E-state index in [1.54, 1.807) is 10.7 Å². The molecule has 0 saturated heterocycles. The van der Waals surface area contributed by atoms with Gasteiger partial charge in [0.05, 0.1) is 30.3 Å². The number of alkyl halides is 1. The minimum absolute atomic E-state index is 0.00757. The van der Waals surface area contributed by atoms with E-state index in [0.29, 0.717) is 18.2 Å². The minimum Gasteiger partial charge on any atom is -0.496 e. The van der Waals surface area contributed by atoms with Gasteiger partial charge in [-0.05, 0) is 24.5 Å². The number of nitrogens with zero attached hydrogens (tertiary/aromatic N) is 4. The fraction of sp³-hybridized carbons (Fsp3) is 0.385. The lowest BCUT2D eigenvalue weighted by Crippen LogP contribution is -2.02. The van der Waals surface area contributed by atoms with Crippen LogP contribution in [0.4, 0.5) is 5.69 Å². The van der Waals surface area contributed by atoms with Gasteiger partial charge in [-0.2, -0.15) is 0 Å². The highest BCUT2D eigenvalue weighted by atomic mass is 35.5. The quantitative estimate of drug-likeness (QED) is 0.445. The number of non-ortho nitro benzene ring substituents is 1. The van der Waals surface area contributed by atoms with Crippen LogP contribution >= 0.6 is 11.6 Å². The van der Waals surface area contributed by atoms with Gasteiger partial charge in [0.1, 0.15) is 5.75 Å². The Balaban J connectivity index is 2.16. The van der Waals surface area contributed by atoms with Crippen LogP contribution in [0.15, 0.2) is 24.4 Å². The van der Waals surface area contributed by atoms with Crippen LogP contribution in [-0.2, 0) is 13.0 Å².